The highest BCUT2D eigenvalue weighted by Gasteiger charge is 2.16. The molecular weight excluding hydrogens is 308 g/mol. The number of aliphatic hydroxyl groups is 1. The van der Waals surface area contributed by atoms with Gasteiger partial charge in [0.05, 0.1) is 6.10 Å². The second-order valence-electron chi connectivity index (χ2n) is 5.62. The van der Waals surface area contributed by atoms with Crippen LogP contribution in [0.25, 0.3) is 0 Å². The molecule has 2 aromatic carbocycles. The summed E-state index contributed by atoms with van der Waals surface area (Å²) in [6.45, 7) is 3.06. The third-order valence-corrected chi connectivity index (χ3v) is 3.68. The van der Waals surface area contributed by atoms with Crippen molar-refractivity contribution in [3.8, 4) is 11.5 Å². The molecule has 1 atom stereocenters. The Hall–Kier alpha value is -2.73. The molecule has 0 spiro atoms. The van der Waals surface area contributed by atoms with Crippen LogP contribution in [0.3, 0.4) is 0 Å². The van der Waals surface area contributed by atoms with Crippen molar-refractivity contribution in [2.24, 2.45) is 0 Å². The average molecular weight is 328 g/mol. The minimum absolute atomic E-state index is 0.0945. The van der Waals surface area contributed by atoms with Crippen molar-refractivity contribution in [3.63, 3.8) is 0 Å². The number of hydrogen-bond acceptors (Lipinski definition) is 4. The Morgan fingerprint density at radius 2 is 1.96 bits per heavy atom. The summed E-state index contributed by atoms with van der Waals surface area (Å²) in [6, 6.07) is 12.4. The lowest BCUT2D eigenvalue weighted by Gasteiger charge is -2.20. The van der Waals surface area contributed by atoms with Crippen molar-refractivity contribution < 1.29 is 19.4 Å². The number of anilines is 1. The normalized spacial score (nSPS) is 13.9. The monoisotopic (exact) mass is 328 g/mol. The Balaban J connectivity index is 1.55. The van der Waals surface area contributed by atoms with Gasteiger partial charge in [-0.25, -0.2) is 4.79 Å². The van der Waals surface area contributed by atoms with E-state index in [4.69, 9.17) is 9.47 Å². The Morgan fingerprint density at radius 1 is 1.17 bits per heavy atom. The fourth-order valence-corrected chi connectivity index (χ4v) is 2.47. The molecule has 24 heavy (non-hydrogen) atoms. The van der Waals surface area contributed by atoms with Crippen molar-refractivity contribution in [1.29, 1.82) is 0 Å². The summed E-state index contributed by atoms with van der Waals surface area (Å²) >= 11 is 0. The summed E-state index contributed by atoms with van der Waals surface area (Å²) < 4.78 is 10.9. The van der Waals surface area contributed by atoms with Gasteiger partial charge in [-0.05, 0) is 42.3 Å². The molecular formula is C18H20N2O4. The molecule has 1 aliphatic heterocycles. The van der Waals surface area contributed by atoms with Gasteiger partial charge in [-0.2, -0.15) is 0 Å². The molecule has 6 nitrogen and oxygen atoms in total. The summed E-state index contributed by atoms with van der Waals surface area (Å²) in [4.78, 5) is 11.9. The second kappa shape index (κ2) is 7.23. The number of nitrogens with one attached hydrogen (secondary N) is 2. The first-order valence-electron chi connectivity index (χ1n) is 7.81. The van der Waals surface area contributed by atoms with Crippen LogP contribution in [-0.2, 0) is 0 Å². The predicted molar refractivity (Wildman–Crippen MR) is 90.6 cm³/mol. The average Bonchev–Trinajstić information content (AvgIpc) is 2.59. The molecule has 126 valence electrons. The molecule has 1 aliphatic rings. The van der Waals surface area contributed by atoms with Crippen LogP contribution in [0, 0.1) is 6.92 Å². The summed E-state index contributed by atoms with van der Waals surface area (Å²) in [5.41, 5.74) is 2.43. The van der Waals surface area contributed by atoms with Gasteiger partial charge in [0.2, 0.25) is 0 Å². The van der Waals surface area contributed by atoms with Crippen LogP contribution in [0.2, 0.25) is 0 Å². The van der Waals surface area contributed by atoms with Gasteiger partial charge in [0.1, 0.15) is 13.2 Å². The largest absolute Gasteiger partial charge is 0.486 e. The maximum absolute atomic E-state index is 11.9. The zero-order chi connectivity index (χ0) is 16.9. The van der Waals surface area contributed by atoms with Crippen molar-refractivity contribution in [2.75, 3.05) is 25.1 Å². The van der Waals surface area contributed by atoms with Crippen LogP contribution in [-0.4, -0.2) is 30.9 Å². The molecule has 0 bridgehead atoms. The van der Waals surface area contributed by atoms with Crippen molar-refractivity contribution in [1.82, 2.24) is 5.32 Å². The first-order valence-corrected chi connectivity index (χ1v) is 7.81. The fraction of sp³-hybridized carbons (Fsp3) is 0.278. The van der Waals surface area contributed by atoms with Crippen LogP contribution in [0.15, 0.2) is 42.5 Å². The lowest BCUT2D eigenvalue weighted by molar-refractivity contribution is 0.163. The van der Waals surface area contributed by atoms with E-state index in [1.165, 1.54) is 0 Å². The molecule has 3 rings (SSSR count). The lowest BCUT2D eigenvalue weighted by atomic mass is 10.1. The predicted octanol–water partition coefficient (Wildman–Crippen LogP) is 2.62. The summed E-state index contributed by atoms with van der Waals surface area (Å²) in [5.74, 6) is 1.28. The quantitative estimate of drug-likeness (QED) is 0.806. The van der Waals surface area contributed by atoms with Gasteiger partial charge >= 0.3 is 6.03 Å². The van der Waals surface area contributed by atoms with Crippen LogP contribution in [0.5, 0.6) is 11.5 Å². The van der Waals surface area contributed by atoms with Gasteiger partial charge in [0.25, 0.3) is 0 Å². The van der Waals surface area contributed by atoms with E-state index in [2.05, 4.69) is 10.6 Å². The van der Waals surface area contributed by atoms with Gasteiger partial charge in [-0.3, -0.25) is 0 Å². The van der Waals surface area contributed by atoms with E-state index in [9.17, 15) is 9.90 Å². The Kier molecular flexibility index (Phi) is 4.86. The van der Waals surface area contributed by atoms with Gasteiger partial charge < -0.3 is 25.2 Å². The molecule has 0 saturated heterocycles. The zero-order valence-electron chi connectivity index (χ0n) is 13.4. The number of hydrogen-bond donors (Lipinski definition) is 3. The third-order valence-electron chi connectivity index (χ3n) is 3.68. The van der Waals surface area contributed by atoms with E-state index in [1.807, 2.05) is 31.2 Å². The van der Waals surface area contributed by atoms with Gasteiger partial charge in [0, 0.05) is 12.2 Å². The van der Waals surface area contributed by atoms with Gasteiger partial charge in [-0.1, -0.05) is 18.2 Å². The fourth-order valence-electron chi connectivity index (χ4n) is 2.47. The molecule has 6 heteroatoms. The van der Waals surface area contributed by atoms with Gasteiger partial charge in [0.15, 0.2) is 11.5 Å². The van der Waals surface area contributed by atoms with Gasteiger partial charge in [-0.15, -0.1) is 0 Å². The number of rotatable bonds is 4. The molecule has 2 amide bonds. The SMILES string of the molecule is Cc1cccc(NC(=O)NCC(O)c2ccc3c(c2)OCCO3)c1. The maximum Gasteiger partial charge on any atom is 0.319 e. The first-order chi connectivity index (χ1) is 11.6. The van der Waals surface area contributed by atoms with E-state index in [0.717, 1.165) is 5.56 Å². The number of amides is 2. The second-order valence-corrected chi connectivity index (χ2v) is 5.62. The maximum atomic E-state index is 11.9. The number of benzene rings is 2. The molecule has 1 heterocycles. The molecule has 0 fully saturated rings. The van der Waals surface area contributed by atoms with Crippen LogP contribution in [0.4, 0.5) is 10.5 Å². The minimum Gasteiger partial charge on any atom is -0.486 e. The highest BCUT2D eigenvalue weighted by Crippen LogP contribution is 2.32. The van der Waals surface area contributed by atoms with Crippen molar-refractivity contribution >= 4 is 11.7 Å². The van der Waals surface area contributed by atoms with E-state index < -0.39 is 6.10 Å². The highest BCUT2D eigenvalue weighted by molar-refractivity contribution is 5.89. The zero-order valence-corrected chi connectivity index (χ0v) is 13.4. The summed E-state index contributed by atoms with van der Waals surface area (Å²) in [5, 5.41) is 15.6. The Labute approximate surface area is 140 Å². The first kappa shape index (κ1) is 16.1. The van der Waals surface area contributed by atoms with Crippen LogP contribution in [0.1, 0.15) is 17.2 Å². The molecule has 1 unspecified atom stereocenters. The molecule has 0 aliphatic carbocycles. The number of urea groups is 1. The smallest absolute Gasteiger partial charge is 0.319 e. The number of aryl methyl sites for hydroxylation is 1. The topological polar surface area (TPSA) is 79.8 Å². The van der Waals surface area contributed by atoms with E-state index in [-0.39, 0.29) is 12.6 Å². The van der Waals surface area contributed by atoms with Crippen molar-refractivity contribution in [2.45, 2.75) is 13.0 Å². The minimum atomic E-state index is -0.830. The Morgan fingerprint density at radius 3 is 2.75 bits per heavy atom. The number of fused-ring (bicyclic) bond motifs is 1. The number of ether oxygens (including phenoxy) is 2. The van der Waals surface area contributed by atoms with Crippen LogP contribution >= 0.6 is 0 Å². The molecule has 2 aromatic rings. The van der Waals surface area contributed by atoms with Crippen LogP contribution < -0.4 is 20.1 Å². The number of carbonyl (C=O) groups excluding carboxylic acids is 1. The van der Waals surface area contributed by atoms with Crippen molar-refractivity contribution in [3.05, 3.63) is 53.6 Å². The van der Waals surface area contributed by atoms with E-state index in [0.29, 0.717) is 36.0 Å². The molecule has 0 radical (unpaired) electrons. The Bertz CT molecular complexity index is 733. The summed E-state index contributed by atoms with van der Waals surface area (Å²) in [7, 11) is 0. The van der Waals surface area contributed by atoms with E-state index >= 15 is 0 Å². The highest BCUT2D eigenvalue weighted by atomic mass is 16.6. The van der Waals surface area contributed by atoms with E-state index in [1.54, 1.807) is 18.2 Å². The third kappa shape index (κ3) is 3.97. The summed E-state index contributed by atoms with van der Waals surface area (Å²) in [6.07, 6.45) is -0.830. The molecule has 0 aromatic heterocycles. The number of aliphatic hydroxyl groups excluding tert-OH is 1. The molecule has 0 saturated carbocycles. The number of carbonyl (C=O) groups is 1. The molecule has 3 N–H and O–H groups in total. The standard InChI is InChI=1S/C18H20N2O4/c1-12-3-2-4-14(9-12)20-18(22)19-11-15(21)13-5-6-16-17(10-13)24-8-7-23-16/h2-6,9-10,15,21H,7-8,11H2,1H3,(H2,19,20,22). The lowest BCUT2D eigenvalue weighted by Crippen LogP contribution is -2.32.